The molecule has 2 rings (SSSR count). The van der Waals surface area contributed by atoms with Crippen LogP contribution in [-0.4, -0.2) is 27.4 Å². The molecule has 6 nitrogen and oxygen atoms in total. The molecule has 0 atom stereocenters. The molecule has 0 bridgehead atoms. The van der Waals surface area contributed by atoms with E-state index in [1.165, 1.54) is 18.3 Å². The second-order valence-corrected chi connectivity index (χ2v) is 4.03. The van der Waals surface area contributed by atoms with E-state index in [9.17, 15) is 9.18 Å². The summed E-state index contributed by atoms with van der Waals surface area (Å²) in [6.07, 6.45) is 4.87. The molecule has 2 aromatic heterocycles. The van der Waals surface area contributed by atoms with Crippen molar-refractivity contribution in [3.63, 3.8) is 0 Å². The van der Waals surface area contributed by atoms with E-state index in [0.29, 0.717) is 5.82 Å². The van der Waals surface area contributed by atoms with E-state index in [0.717, 1.165) is 19.2 Å². The lowest BCUT2D eigenvalue weighted by Gasteiger charge is -2.06. The number of anilines is 2. The number of rotatable bonds is 5. The van der Waals surface area contributed by atoms with E-state index < -0.39 is 11.7 Å². The highest BCUT2D eigenvalue weighted by Gasteiger charge is 2.09. The van der Waals surface area contributed by atoms with Crippen LogP contribution < -0.4 is 10.6 Å². The summed E-state index contributed by atoms with van der Waals surface area (Å²) in [7, 11) is 0. The van der Waals surface area contributed by atoms with Gasteiger partial charge in [-0.1, -0.05) is 6.92 Å². The van der Waals surface area contributed by atoms with E-state index >= 15 is 0 Å². The number of halogens is 1. The molecule has 2 aromatic rings. The predicted molar refractivity (Wildman–Crippen MR) is 73.0 cm³/mol. The van der Waals surface area contributed by atoms with Gasteiger partial charge >= 0.3 is 0 Å². The third-order valence-electron chi connectivity index (χ3n) is 2.39. The average Bonchev–Trinajstić information content (AvgIpc) is 2.48. The van der Waals surface area contributed by atoms with Gasteiger partial charge in [-0.25, -0.2) is 14.4 Å². The van der Waals surface area contributed by atoms with Crippen molar-refractivity contribution in [1.82, 2.24) is 15.0 Å². The molecule has 2 heterocycles. The Morgan fingerprint density at radius 1 is 1.25 bits per heavy atom. The molecule has 0 fully saturated rings. The zero-order chi connectivity index (χ0) is 14.4. The van der Waals surface area contributed by atoms with Crippen LogP contribution in [0.4, 0.5) is 16.0 Å². The van der Waals surface area contributed by atoms with Crippen LogP contribution in [0.15, 0.2) is 30.7 Å². The molecule has 2 N–H and O–H groups in total. The summed E-state index contributed by atoms with van der Waals surface area (Å²) in [6, 6.07) is 2.59. The number of nitrogens with one attached hydrogen (secondary N) is 2. The fraction of sp³-hybridized carbons (Fsp3) is 0.231. The van der Waals surface area contributed by atoms with Crippen LogP contribution in [0.3, 0.4) is 0 Å². The molecule has 7 heteroatoms. The SMILES string of the molecule is CCCNc1cncc(C(=O)Nc2ccc(F)cn2)n1. The van der Waals surface area contributed by atoms with Gasteiger partial charge in [-0.05, 0) is 18.6 Å². The molecular weight excluding hydrogens is 261 g/mol. The first-order chi connectivity index (χ1) is 9.69. The Kier molecular flexibility index (Phi) is 4.54. The van der Waals surface area contributed by atoms with Crippen LogP contribution in [0.5, 0.6) is 0 Å². The van der Waals surface area contributed by atoms with Crippen molar-refractivity contribution in [3.8, 4) is 0 Å². The fourth-order valence-corrected chi connectivity index (χ4v) is 1.44. The fourth-order valence-electron chi connectivity index (χ4n) is 1.44. The Bertz CT molecular complexity index is 588. The molecule has 0 saturated carbocycles. The third-order valence-corrected chi connectivity index (χ3v) is 2.39. The quantitative estimate of drug-likeness (QED) is 0.873. The van der Waals surface area contributed by atoms with Crippen LogP contribution in [0.25, 0.3) is 0 Å². The number of amides is 1. The lowest BCUT2D eigenvalue weighted by atomic mass is 10.4. The second-order valence-electron chi connectivity index (χ2n) is 4.03. The molecule has 104 valence electrons. The summed E-state index contributed by atoms with van der Waals surface area (Å²) < 4.78 is 12.7. The number of hydrogen-bond donors (Lipinski definition) is 2. The van der Waals surface area contributed by atoms with Gasteiger partial charge in [0.05, 0.1) is 18.6 Å². The highest BCUT2D eigenvalue weighted by Crippen LogP contribution is 2.07. The first kappa shape index (κ1) is 13.9. The number of carbonyl (C=O) groups is 1. The second kappa shape index (κ2) is 6.55. The Labute approximate surface area is 115 Å². The number of hydrogen-bond acceptors (Lipinski definition) is 5. The molecule has 0 saturated heterocycles. The summed E-state index contributed by atoms with van der Waals surface area (Å²) in [5.41, 5.74) is 0.164. The lowest BCUT2D eigenvalue weighted by Crippen LogP contribution is -2.16. The first-order valence-electron chi connectivity index (χ1n) is 6.18. The molecular formula is C13H14FN5O. The molecule has 20 heavy (non-hydrogen) atoms. The maximum absolute atomic E-state index is 12.7. The Morgan fingerprint density at radius 2 is 2.10 bits per heavy atom. The van der Waals surface area contributed by atoms with E-state index in [4.69, 9.17) is 0 Å². The molecule has 1 amide bonds. The molecule has 0 radical (unpaired) electrons. The van der Waals surface area contributed by atoms with Gasteiger partial charge in [0.25, 0.3) is 5.91 Å². The van der Waals surface area contributed by atoms with Crippen molar-refractivity contribution in [2.75, 3.05) is 17.2 Å². The van der Waals surface area contributed by atoms with Gasteiger partial charge < -0.3 is 10.6 Å². The van der Waals surface area contributed by atoms with Crippen molar-refractivity contribution >= 4 is 17.5 Å². The molecule has 0 aliphatic carbocycles. The van der Waals surface area contributed by atoms with Crippen LogP contribution in [0.2, 0.25) is 0 Å². The number of carbonyl (C=O) groups excluding carboxylic acids is 1. The van der Waals surface area contributed by atoms with Crippen LogP contribution >= 0.6 is 0 Å². The molecule has 0 unspecified atom stereocenters. The number of nitrogens with zero attached hydrogens (tertiary/aromatic N) is 3. The Hall–Kier alpha value is -2.57. The van der Waals surface area contributed by atoms with Gasteiger partial charge in [0.15, 0.2) is 0 Å². The zero-order valence-electron chi connectivity index (χ0n) is 10.9. The van der Waals surface area contributed by atoms with Crippen molar-refractivity contribution in [3.05, 3.63) is 42.2 Å². The number of aromatic nitrogens is 3. The predicted octanol–water partition coefficient (Wildman–Crippen LogP) is 2.08. The molecule has 0 aromatic carbocycles. The standard InChI is InChI=1S/C13H14FN5O/c1-2-5-16-12-8-15-7-10(18-12)13(20)19-11-4-3-9(14)6-17-11/h3-4,6-8H,2,5H2,1H3,(H,16,18)(H,17,19,20). The topological polar surface area (TPSA) is 79.8 Å². The smallest absolute Gasteiger partial charge is 0.277 e. The minimum Gasteiger partial charge on any atom is -0.369 e. The summed E-state index contributed by atoms with van der Waals surface area (Å²) in [4.78, 5) is 23.8. The van der Waals surface area contributed by atoms with E-state index in [1.807, 2.05) is 6.92 Å². The monoisotopic (exact) mass is 275 g/mol. The van der Waals surface area contributed by atoms with Crippen LogP contribution in [0.1, 0.15) is 23.8 Å². The third kappa shape index (κ3) is 3.71. The van der Waals surface area contributed by atoms with Crippen LogP contribution in [-0.2, 0) is 0 Å². The molecule has 0 aliphatic heterocycles. The maximum Gasteiger partial charge on any atom is 0.277 e. The minimum atomic E-state index is -0.464. The normalized spacial score (nSPS) is 10.1. The Balaban J connectivity index is 2.06. The molecule has 0 aliphatic rings. The minimum absolute atomic E-state index is 0.164. The van der Waals surface area contributed by atoms with Crippen molar-refractivity contribution in [2.24, 2.45) is 0 Å². The molecule has 0 spiro atoms. The lowest BCUT2D eigenvalue weighted by molar-refractivity contribution is 0.102. The highest BCUT2D eigenvalue weighted by molar-refractivity contribution is 6.02. The number of pyridine rings is 1. The van der Waals surface area contributed by atoms with Gasteiger partial charge in [0.2, 0.25) is 0 Å². The van der Waals surface area contributed by atoms with Gasteiger partial charge in [0.1, 0.15) is 23.1 Å². The summed E-state index contributed by atoms with van der Waals surface area (Å²) in [6.45, 7) is 2.77. The maximum atomic E-state index is 12.7. The first-order valence-corrected chi connectivity index (χ1v) is 6.18. The summed E-state index contributed by atoms with van der Waals surface area (Å²) in [5.74, 6) is -0.123. The van der Waals surface area contributed by atoms with Crippen molar-refractivity contribution < 1.29 is 9.18 Å². The van der Waals surface area contributed by atoms with Gasteiger partial charge in [-0.3, -0.25) is 9.78 Å². The van der Waals surface area contributed by atoms with Gasteiger partial charge in [0, 0.05) is 6.54 Å². The van der Waals surface area contributed by atoms with Gasteiger partial charge in [-0.2, -0.15) is 0 Å². The summed E-state index contributed by atoms with van der Waals surface area (Å²) >= 11 is 0. The van der Waals surface area contributed by atoms with E-state index in [-0.39, 0.29) is 11.5 Å². The van der Waals surface area contributed by atoms with Crippen LogP contribution in [0, 0.1) is 5.82 Å². The highest BCUT2D eigenvalue weighted by atomic mass is 19.1. The zero-order valence-corrected chi connectivity index (χ0v) is 10.9. The Morgan fingerprint density at radius 3 is 2.80 bits per heavy atom. The average molecular weight is 275 g/mol. The largest absolute Gasteiger partial charge is 0.369 e. The van der Waals surface area contributed by atoms with Crippen molar-refractivity contribution in [1.29, 1.82) is 0 Å². The summed E-state index contributed by atoms with van der Waals surface area (Å²) in [5, 5.41) is 5.56. The van der Waals surface area contributed by atoms with E-state index in [2.05, 4.69) is 25.6 Å². The van der Waals surface area contributed by atoms with Crippen molar-refractivity contribution in [2.45, 2.75) is 13.3 Å². The van der Waals surface area contributed by atoms with Gasteiger partial charge in [-0.15, -0.1) is 0 Å². The van der Waals surface area contributed by atoms with E-state index in [1.54, 1.807) is 6.20 Å².